The molecule has 8 nitrogen and oxygen atoms in total. The Bertz CT molecular complexity index is 1330. The maximum atomic E-state index is 14.0. The van der Waals surface area contributed by atoms with Gasteiger partial charge in [0.15, 0.2) is 0 Å². The molecule has 4 rings (SSSR count). The molecule has 0 saturated heterocycles. The smallest absolute Gasteiger partial charge is 0.297 e. The number of amides is 2. The lowest BCUT2D eigenvalue weighted by Gasteiger charge is -2.10. The number of para-hydroxylation sites is 1. The molecule has 0 atom stereocenters. The number of halogens is 1. The summed E-state index contributed by atoms with van der Waals surface area (Å²) in [6.07, 6.45) is 1.25. The fourth-order valence-electron chi connectivity index (χ4n) is 2.97. The fraction of sp³-hybridized carbons (Fsp3) is 0.100. The van der Waals surface area contributed by atoms with Crippen molar-refractivity contribution in [3.63, 3.8) is 0 Å². The van der Waals surface area contributed by atoms with E-state index in [1.807, 2.05) is 6.07 Å². The van der Waals surface area contributed by atoms with Crippen LogP contribution in [0, 0.1) is 5.82 Å². The quantitative estimate of drug-likeness (QED) is 0.554. The number of hydrogen-bond acceptors (Lipinski definition) is 5. The van der Waals surface area contributed by atoms with Gasteiger partial charge in [-0.1, -0.05) is 12.1 Å². The molecule has 0 aliphatic heterocycles. The molecule has 0 aliphatic rings. The van der Waals surface area contributed by atoms with Crippen LogP contribution in [0.4, 0.5) is 15.8 Å². The molecule has 2 aromatic carbocycles. The first-order valence-corrected chi connectivity index (χ1v) is 8.66. The molecule has 0 saturated carbocycles. The van der Waals surface area contributed by atoms with Crippen LogP contribution in [-0.4, -0.2) is 21.4 Å². The van der Waals surface area contributed by atoms with Gasteiger partial charge >= 0.3 is 0 Å². The van der Waals surface area contributed by atoms with Crippen LogP contribution in [-0.2, 0) is 16.1 Å². The summed E-state index contributed by atoms with van der Waals surface area (Å²) >= 11 is 0. The van der Waals surface area contributed by atoms with Crippen molar-refractivity contribution < 1.29 is 18.4 Å². The van der Waals surface area contributed by atoms with Gasteiger partial charge in [0.2, 0.25) is 17.4 Å². The first-order chi connectivity index (χ1) is 13.9. The second kappa shape index (κ2) is 7.19. The SMILES string of the molecule is CC(=O)Nc1ccc(F)c(NC(=O)Cn2cnc3c(oc4ccccc43)c2=O)c1. The van der Waals surface area contributed by atoms with E-state index in [-0.39, 0.29) is 23.7 Å². The second-order valence-corrected chi connectivity index (χ2v) is 6.38. The predicted octanol–water partition coefficient (Wildman–Crippen LogP) is 2.88. The number of carbonyl (C=O) groups excluding carboxylic acids is 2. The minimum atomic E-state index is -0.675. The van der Waals surface area contributed by atoms with Gasteiger partial charge in [0.05, 0.1) is 12.0 Å². The van der Waals surface area contributed by atoms with Crippen LogP contribution in [0.5, 0.6) is 0 Å². The molecule has 2 aromatic heterocycles. The Balaban J connectivity index is 1.59. The summed E-state index contributed by atoms with van der Waals surface area (Å²) < 4.78 is 20.6. The summed E-state index contributed by atoms with van der Waals surface area (Å²) in [5, 5.41) is 5.60. The van der Waals surface area contributed by atoms with Crippen molar-refractivity contribution in [3.05, 3.63) is 65.0 Å². The summed E-state index contributed by atoms with van der Waals surface area (Å²) in [5.41, 5.74) is 0.667. The van der Waals surface area contributed by atoms with Crippen molar-refractivity contribution in [1.82, 2.24) is 9.55 Å². The molecule has 0 unspecified atom stereocenters. The number of fused-ring (bicyclic) bond motifs is 3. The summed E-state index contributed by atoms with van der Waals surface area (Å²) in [6, 6.07) is 10.9. The number of aromatic nitrogens is 2. The van der Waals surface area contributed by atoms with Crippen LogP contribution in [0.2, 0.25) is 0 Å². The van der Waals surface area contributed by atoms with Gasteiger partial charge in [0.25, 0.3) is 5.56 Å². The fourth-order valence-corrected chi connectivity index (χ4v) is 2.97. The Morgan fingerprint density at radius 2 is 1.97 bits per heavy atom. The Labute approximate surface area is 163 Å². The van der Waals surface area contributed by atoms with Gasteiger partial charge in [-0.25, -0.2) is 9.37 Å². The van der Waals surface area contributed by atoms with Crippen molar-refractivity contribution in [2.75, 3.05) is 10.6 Å². The molecule has 0 bridgehead atoms. The monoisotopic (exact) mass is 394 g/mol. The molecule has 2 heterocycles. The highest BCUT2D eigenvalue weighted by Gasteiger charge is 2.15. The number of hydrogen-bond donors (Lipinski definition) is 2. The van der Waals surface area contributed by atoms with E-state index in [2.05, 4.69) is 15.6 Å². The Kier molecular flexibility index (Phi) is 4.55. The number of carbonyl (C=O) groups is 2. The number of benzene rings is 2. The van der Waals surface area contributed by atoms with Crippen LogP contribution >= 0.6 is 0 Å². The molecule has 4 aromatic rings. The van der Waals surface area contributed by atoms with Crippen molar-refractivity contribution in [1.29, 1.82) is 0 Å². The molecule has 29 heavy (non-hydrogen) atoms. The Morgan fingerprint density at radius 3 is 2.76 bits per heavy atom. The number of furan rings is 1. The largest absolute Gasteiger partial charge is 0.448 e. The van der Waals surface area contributed by atoms with Crippen LogP contribution in [0.3, 0.4) is 0 Å². The standard InChI is InChI=1S/C20H15FN4O4/c1-11(26)23-12-6-7-14(21)15(8-12)24-17(27)9-25-10-22-18-13-4-2-3-5-16(13)29-19(18)20(25)28/h2-8,10H,9H2,1H3,(H,23,26)(H,24,27). The number of anilines is 2. The summed E-state index contributed by atoms with van der Waals surface area (Å²) in [5.74, 6) is -1.64. The molecule has 2 amide bonds. The highest BCUT2D eigenvalue weighted by atomic mass is 19.1. The van der Waals surface area contributed by atoms with E-state index in [0.29, 0.717) is 22.2 Å². The summed E-state index contributed by atoms with van der Waals surface area (Å²) in [7, 11) is 0. The third-order valence-electron chi connectivity index (χ3n) is 4.23. The van der Waals surface area contributed by atoms with E-state index in [1.54, 1.807) is 18.2 Å². The maximum Gasteiger partial charge on any atom is 0.297 e. The van der Waals surface area contributed by atoms with Gasteiger partial charge in [-0.3, -0.25) is 19.0 Å². The number of nitrogens with one attached hydrogen (secondary N) is 2. The van der Waals surface area contributed by atoms with E-state index in [4.69, 9.17) is 4.42 Å². The van der Waals surface area contributed by atoms with Gasteiger partial charge in [-0.05, 0) is 30.3 Å². The van der Waals surface area contributed by atoms with Crippen LogP contribution in [0.25, 0.3) is 22.1 Å². The van der Waals surface area contributed by atoms with Crippen LogP contribution in [0.1, 0.15) is 6.92 Å². The average molecular weight is 394 g/mol. The van der Waals surface area contributed by atoms with Crippen LogP contribution in [0.15, 0.2) is 58.0 Å². The number of nitrogens with zero attached hydrogens (tertiary/aromatic N) is 2. The van der Waals surface area contributed by atoms with Crippen molar-refractivity contribution in [3.8, 4) is 0 Å². The molecule has 0 spiro atoms. The molecule has 146 valence electrons. The molecule has 0 fully saturated rings. The van der Waals surface area contributed by atoms with Gasteiger partial charge in [0.1, 0.15) is 23.5 Å². The van der Waals surface area contributed by atoms with Crippen molar-refractivity contribution in [2.24, 2.45) is 0 Å². The zero-order chi connectivity index (χ0) is 20.5. The first kappa shape index (κ1) is 18.4. The zero-order valence-electron chi connectivity index (χ0n) is 15.2. The van der Waals surface area contributed by atoms with Crippen molar-refractivity contribution in [2.45, 2.75) is 13.5 Å². The normalized spacial score (nSPS) is 11.0. The lowest BCUT2D eigenvalue weighted by Crippen LogP contribution is -2.27. The Morgan fingerprint density at radius 1 is 1.17 bits per heavy atom. The van der Waals surface area contributed by atoms with Gasteiger partial charge in [0, 0.05) is 18.0 Å². The highest BCUT2D eigenvalue weighted by Crippen LogP contribution is 2.24. The van der Waals surface area contributed by atoms with Crippen LogP contribution < -0.4 is 16.2 Å². The van der Waals surface area contributed by atoms with E-state index >= 15 is 0 Å². The average Bonchev–Trinajstić information content (AvgIpc) is 3.06. The molecule has 0 radical (unpaired) electrons. The summed E-state index contributed by atoms with van der Waals surface area (Å²) in [4.78, 5) is 40.4. The minimum absolute atomic E-state index is 0.0420. The first-order valence-electron chi connectivity index (χ1n) is 8.66. The maximum absolute atomic E-state index is 14.0. The second-order valence-electron chi connectivity index (χ2n) is 6.38. The minimum Gasteiger partial charge on any atom is -0.448 e. The van der Waals surface area contributed by atoms with E-state index in [0.717, 1.165) is 10.6 Å². The van der Waals surface area contributed by atoms with Gasteiger partial charge < -0.3 is 15.1 Å². The predicted molar refractivity (Wildman–Crippen MR) is 105 cm³/mol. The van der Waals surface area contributed by atoms with E-state index < -0.39 is 17.3 Å². The highest BCUT2D eigenvalue weighted by molar-refractivity contribution is 6.01. The lowest BCUT2D eigenvalue weighted by atomic mass is 10.2. The van der Waals surface area contributed by atoms with Crippen molar-refractivity contribution >= 4 is 45.3 Å². The Hall–Kier alpha value is -4.01. The molecule has 9 heteroatoms. The van der Waals surface area contributed by atoms with Gasteiger partial charge in [-0.15, -0.1) is 0 Å². The third-order valence-corrected chi connectivity index (χ3v) is 4.23. The third kappa shape index (κ3) is 3.57. The van der Waals surface area contributed by atoms with E-state index in [9.17, 15) is 18.8 Å². The van der Waals surface area contributed by atoms with Gasteiger partial charge in [-0.2, -0.15) is 0 Å². The van der Waals surface area contributed by atoms with E-state index in [1.165, 1.54) is 25.4 Å². The molecule has 0 aliphatic carbocycles. The summed E-state index contributed by atoms with van der Waals surface area (Å²) in [6.45, 7) is 0.928. The molecular formula is C20H15FN4O4. The topological polar surface area (TPSA) is 106 Å². The number of rotatable bonds is 4. The zero-order valence-corrected chi connectivity index (χ0v) is 15.2. The lowest BCUT2D eigenvalue weighted by molar-refractivity contribution is -0.117. The molecule has 2 N–H and O–H groups in total. The molecular weight excluding hydrogens is 379 g/mol.